The third kappa shape index (κ3) is 3.30. The topological polar surface area (TPSA) is 49.4 Å². The maximum absolute atomic E-state index is 12.8. The Morgan fingerprint density at radius 2 is 1.76 bits per heavy atom. The average Bonchev–Trinajstić information content (AvgIpc) is 2.84. The van der Waals surface area contributed by atoms with Gasteiger partial charge in [-0.3, -0.25) is 14.5 Å². The van der Waals surface area contributed by atoms with Crippen molar-refractivity contribution in [1.82, 2.24) is 4.90 Å². The van der Waals surface area contributed by atoms with Gasteiger partial charge in [-0.15, -0.1) is 0 Å². The number of rotatable bonds is 5. The highest BCUT2D eigenvalue weighted by molar-refractivity contribution is 6.36. The molecular formula is C20H19ClN2O2. The summed E-state index contributed by atoms with van der Waals surface area (Å²) in [5.74, 6) is -0.565. The first kappa shape index (κ1) is 17.2. The van der Waals surface area contributed by atoms with Gasteiger partial charge in [-0.1, -0.05) is 54.9 Å². The summed E-state index contributed by atoms with van der Waals surface area (Å²) in [5, 5.41) is 3.72. The smallest absolute Gasteiger partial charge is 0.278 e. The van der Waals surface area contributed by atoms with Crippen molar-refractivity contribution in [1.29, 1.82) is 0 Å². The number of imide groups is 1. The third-order valence-corrected chi connectivity index (χ3v) is 4.37. The highest BCUT2D eigenvalue weighted by Gasteiger charge is 2.38. The molecule has 0 aromatic heterocycles. The normalized spacial score (nSPS) is 14.4. The van der Waals surface area contributed by atoms with Crippen LogP contribution in [0.25, 0.3) is 5.57 Å². The number of benzene rings is 2. The molecule has 128 valence electrons. The Morgan fingerprint density at radius 1 is 1.04 bits per heavy atom. The molecule has 2 aromatic rings. The Kier molecular flexibility index (Phi) is 4.91. The summed E-state index contributed by atoms with van der Waals surface area (Å²) in [6.45, 7) is 4.26. The molecule has 1 heterocycles. The van der Waals surface area contributed by atoms with Crippen molar-refractivity contribution in [3.05, 3.63) is 70.4 Å². The molecule has 3 rings (SSSR count). The number of amides is 2. The van der Waals surface area contributed by atoms with Crippen LogP contribution < -0.4 is 5.32 Å². The molecule has 0 radical (unpaired) electrons. The van der Waals surface area contributed by atoms with E-state index in [9.17, 15) is 9.59 Å². The molecule has 1 aliphatic rings. The van der Waals surface area contributed by atoms with Crippen LogP contribution in [0.2, 0.25) is 5.02 Å². The Hall–Kier alpha value is -2.59. The van der Waals surface area contributed by atoms with Gasteiger partial charge in [0, 0.05) is 17.3 Å². The number of nitrogens with zero attached hydrogens (tertiary/aromatic N) is 1. The van der Waals surface area contributed by atoms with E-state index in [-0.39, 0.29) is 11.8 Å². The minimum absolute atomic E-state index is 0.264. The van der Waals surface area contributed by atoms with Crippen LogP contribution in [-0.4, -0.2) is 23.3 Å². The van der Waals surface area contributed by atoms with Crippen molar-refractivity contribution in [2.75, 3.05) is 11.9 Å². The Morgan fingerprint density at radius 3 is 2.44 bits per heavy atom. The predicted octanol–water partition coefficient (Wildman–Crippen LogP) is 4.25. The number of hydrogen-bond acceptors (Lipinski definition) is 3. The fraction of sp³-hybridized carbons (Fsp3) is 0.200. The third-order valence-electron chi connectivity index (χ3n) is 4.14. The summed E-state index contributed by atoms with van der Waals surface area (Å²) < 4.78 is 0. The van der Waals surface area contributed by atoms with Gasteiger partial charge in [0.05, 0.1) is 5.57 Å². The van der Waals surface area contributed by atoms with Gasteiger partial charge >= 0.3 is 0 Å². The van der Waals surface area contributed by atoms with Crippen molar-refractivity contribution >= 4 is 34.7 Å². The lowest BCUT2D eigenvalue weighted by Crippen LogP contribution is -2.33. The van der Waals surface area contributed by atoms with Gasteiger partial charge in [0.15, 0.2) is 0 Å². The first-order chi connectivity index (χ1) is 12.0. The number of carbonyl (C=O) groups excluding carboxylic acids is 2. The summed E-state index contributed by atoms with van der Waals surface area (Å²) in [6, 6.07) is 14.7. The van der Waals surface area contributed by atoms with Gasteiger partial charge in [-0.05, 0) is 36.6 Å². The van der Waals surface area contributed by atoms with Crippen molar-refractivity contribution in [3.8, 4) is 0 Å². The SMILES string of the molecule is CCCN1C(=O)C(Nc2cc(Cl)ccc2C)=C(c2ccccc2)C1=O. The van der Waals surface area contributed by atoms with E-state index in [0.717, 1.165) is 16.8 Å². The first-order valence-electron chi connectivity index (χ1n) is 8.22. The molecule has 0 spiro atoms. The van der Waals surface area contributed by atoms with E-state index in [4.69, 9.17) is 11.6 Å². The number of carbonyl (C=O) groups is 2. The monoisotopic (exact) mass is 354 g/mol. The van der Waals surface area contributed by atoms with E-state index in [2.05, 4.69) is 5.32 Å². The van der Waals surface area contributed by atoms with Crippen molar-refractivity contribution in [3.63, 3.8) is 0 Å². The molecule has 0 aliphatic carbocycles. The second kappa shape index (κ2) is 7.11. The van der Waals surface area contributed by atoms with Crippen LogP contribution in [0.1, 0.15) is 24.5 Å². The molecule has 0 saturated carbocycles. The maximum Gasteiger partial charge on any atom is 0.278 e. The fourth-order valence-electron chi connectivity index (χ4n) is 2.85. The number of halogens is 1. The van der Waals surface area contributed by atoms with E-state index in [0.29, 0.717) is 29.3 Å². The summed E-state index contributed by atoms with van der Waals surface area (Å²) in [6.07, 6.45) is 0.711. The first-order valence-corrected chi connectivity index (χ1v) is 8.59. The minimum atomic E-state index is -0.301. The summed E-state index contributed by atoms with van der Waals surface area (Å²) in [5.41, 5.74) is 3.09. The zero-order valence-electron chi connectivity index (χ0n) is 14.2. The van der Waals surface area contributed by atoms with E-state index in [1.807, 2.05) is 50.2 Å². The standard InChI is InChI=1S/C20H19ClN2O2/c1-3-11-23-19(24)17(14-7-5-4-6-8-14)18(20(23)25)22-16-12-15(21)10-9-13(16)2/h4-10,12,22H,3,11H2,1-2H3. The molecule has 2 amide bonds. The lowest BCUT2D eigenvalue weighted by atomic mass is 10.0. The Labute approximate surface area is 152 Å². The number of nitrogens with one attached hydrogen (secondary N) is 1. The number of hydrogen-bond donors (Lipinski definition) is 1. The zero-order valence-corrected chi connectivity index (χ0v) is 14.9. The van der Waals surface area contributed by atoms with Gasteiger partial charge in [0.25, 0.3) is 11.8 Å². The summed E-state index contributed by atoms with van der Waals surface area (Å²) in [4.78, 5) is 27.0. The van der Waals surface area contributed by atoms with Crippen LogP contribution in [0.4, 0.5) is 5.69 Å². The van der Waals surface area contributed by atoms with Crippen molar-refractivity contribution in [2.24, 2.45) is 0 Å². The van der Waals surface area contributed by atoms with Gasteiger partial charge in [0.1, 0.15) is 5.70 Å². The van der Waals surface area contributed by atoms with E-state index >= 15 is 0 Å². The van der Waals surface area contributed by atoms with E-state index in [1.165, 1.54) is 4.90 Å². The molecule has 0 saturated heterocycles. The molecule has 2 aromatic carbocycles. The summed E-state index contributed by atoms with van der Waals surface area (Å²) in [7, 11) is 0. The molecular weight excluding hydrogens is 336 g/mol. The highest BCUT2D eigenvalue weighted by Crippen LogP contribution is 2.32. The molecule has 4 nitrogen and oxygen atoms in total. The van der Waals surface area contributed by atoms with Gasteiger partial charge in [-0.25, -0.2) is 0 Å². The van der Waals surface area contributed by atoms with Crippen LogP contribution in [0.15, 0.2) is 54.2 Å². The quantitative estimate of drug-likeness (QED) is 0.816. The molecule has 0 unspecified atom stereocenters. The average molecular weight is 355 g/mol. The number of aryl methyl sites for hydroxylation is 1. The van der Waals surface area contributed by atoms with Crippen molar-refractivity contribution < 1.29 is 9.59 Å². The van der Waals surface area contributed by atoms with Crippen LogP contribution >= 0.6 is 11.6 Å². The fourth-order valence-corrected chi connectivity index (χ4v) is 3.03. The van der Waals surface area contributed by atoms with Gasteiger partial charge in [-0.2, -0.15) is 0 Å². The molecule has 0 atom stereocenters. The van der Waals surface area contributed by atoms with Crippen molar-refractivity contribution in [2.45, 2.75) is 20.3 Å². The van der Waals surface area contributed by atoms with E-state index < -0.39 is 0 Å². The second-order valence-corrected chi connectivity index (χ2v) is 6.40. The molecule has 1 N–H and O–H groups in total. The van der Waals surface area contributed by atoms with Crippen LogP contribution in [0.3, 0.4) is 0 Å². The minimum Gasteiger partial charge on any atom is -0.350 e. The van der Waals surface area contributed by atoms with Crippen LogP contribution in [-0.2, 0) is 9.59 Å². The Balaban J connectivity index is 2.10. The highest BCUT2D eigenvalue weighted by atomic mass is 35.5. The second-order valence-electron chi connectivity index (χ2n) is 5.96. The van der Waals surface area contributed by atoms with Crippen LogP contribution in [0.5, 0.6) is 0 Å². The summed E-state index contributed by atoms with van der Waals surface area (Å²) >= 11 is 6.08. The largest absolute Gasteiger partial charge is 0.350 e. The molecule has 1 aliphatic heterocycles. The molecule has 0 bridgehead atoms. The van der Waals surface area contributed by atoms with E-state index in [1.54, 1.807) is 12.1 Å². The molecule has 5 heteroatoms. The molecule has 0 fully saturated rings. The van der Waals surface area contributed by atoms with Gasteiger partial charge < -0.3 is 5.32 Å². The lowest BCUT2D eigenvalue weighted by Gasteiger charge is -2.14. The molecule has 25 heavy (non-hydrogen) atoms. The lowest BCUT2D eigenvalue weighted by molar-refractivity contribution is -0.136. The maximum atomic E-state index is 12.8. The zero-order chi connectivity index (χ0) is 18.0. The van der Waals surface area contributed by atoms with Gasteiger partial charge in [0.2, 0.25) is 0 Å². The predicted molar refractivity (Wildman–Crippen MR) is 100 cm³/mol. The number of anilines is 1. The van der Waals surface area contributed by atoms with Crippen LogP contribution in [0, 0.1) is 6.92 Å². The Bertz CT molecular complexity index is 859.